The molecular weight excluding hydrogens is 450 g/mol. The van der Waals surface area contributed by atoms with Crippen molar-refractivity contribution in [3.63, 3.8) is 0 Å². The van der Waals surface area contributed by atoms with Crippen molar-refractivity contribution in [1.82, 2.24) is 19.5 Å². The summed E-state index contributed by atoms with van der Waals surface area (Å²) >= 11 is 6.07. The fraction of sp³-hybridized carbons (Fsp3) is 0.240. The Bertz CT molecular complexity index is 1490. The van der Waals surface area contributed by atoms with E-state index in [9.17, 15) is 10.1 Å². The van der Waals surface area contributed by atoms with E-state index in [0.717, 1.165) is 16.6 Å². The molecule has 0 saturated heterocycles. The smallest absolute Gasteiger partial charge is 0.252 e. The van der Waals surface area contributed by atoms with Gasteiger partial charge in [-0.15, -0.1) is 0 Å². The van der Waals surface area contributed by atoms with Crippen LogP contribution in [0.5, 0.6) is 0 Å². The van der Waals surface area contributed by atoms with Crippen molar-refractivity contribution in [2.24, 2.45) is 7.05 Å². The molecule has 5 rings (SSSR count). The van der Waals surface area contributed by atoms with Crippen molar-refractivity contribution in [1.29, 1.82) is 5.26 Å². The molecule has 2 N–H and O–H groups in total. The number of aryl methyl sites for hydroxylation is 1. The number of nitrogens with zero attached hydrogens (tertiary/aromatic N) is 5. The van der Waals surface area contributed by atoms with E-state index >= 15 is 0 Å². The zero-order chi connectivity index (χ0) is 23.8. The number of hydrogen-bond acceptors (Lipinski definition) is 7. The highest BCUT2D eigenvalue weighted by Crippen LogP contribution is 2.39. The molecule has 8 nitrogen and oxygen atoms in total. The van der Waals surface area contributed by atoms with Crippen LogP contribution >= 0.6 is 11.6 Å². The molecule has 0 bridgehead atoms. The van der Waals surface area contributed by atoms with Gasteiger partial charge >= 0.3 is 0 Å². The highest BCUT2D eigenvalue weighted by Gasteiger charge is 2.24. The number of aromatic nitrogens is 4. The van der Waals surface area contributed by atoms with Crippen LogP contribution in [0.15, 0.2) is 53.7 Å². The topological polar surface area (TPSA) is 109 Å². The van der Waals surface area contributed by atoms with Crippen molar-refractivity contribution >= 4 is 39.6 Å². The Kier molecular flexibility index (Phi) is 5.64. The third-order valence-corrected chi connectivity index (χ3v) is 6.33. The van der Waals surface area contributed by atoms with E-state index in [1.165, 1.54) is 18.4 Å². The number of fused-ring (bicyclic) bond motifs is 1. The number of halogens is 1. The summed E-state index contributed by atoms with van der Waals surface area (Å²) in [4.78, 5) is 25.7. The van der Waals surface area contributed by atoms with Gasteiger partial charge in [-0.3, -0.25) is 4.79 Å². The molecule has 34 heavy (non-hydrogen) atoms. The molecule has 1 fully saturated rings. The molecule has 3 aromatic heterocycles. The lowest BCUT2D eigenvalue weighted by Gasteiger charge is -2.18. The predicted molar refractivity (Wildman–Crippen MR) is 132 cm³/mol. The third kappa shape index (κ3) is 4.18. The van der Waals surface area contributed by atoms with E-state index in [-0.39, 0.29) is 22.3 Å². The number of hydrogen-bond donors (Lipinski definition) is 2. The molecule has 3 heterocycles. The van der Waals surface area contributed by atoms with Crippen molar-refractivity contribution in [3.05, 3.63) is 81.4 Å². The van der Waals surface area contributed by atoms with Gasteiger partial charge in [-0.25, -0.2) is 15.0 Å². The number of anilines is 3. The fourth-order valence-corrected chi connectivity index (χ4v) is 4.16. The van der Waals surface area contributed by atoms with E-state index in [2.05, 4.69) is 31.7 Å². The lowest BCUT2D eigenvalue weighted by Crippen LogP contribution is -2.19. The fourth-order valence-electron chi connectivity index (χ4n) is 3.96. The number of pyridine rings is 2. The highest BCUT2D eigenvalue weighted by atomic mass is 35.5. The van der Waals surface area contributed by atoms with Crippen LogP contribution < -0.4 is 16.2 Å². The predicted octanol–water partition coefficient (Wildman–Crippen LogP) is 5.04. The summed E-state index contributed by atoms with van der Waals surface area (Å²) in [6.45, 7) is 1.97. The normalized spacial score (nSPS) is 13.9. The summed E-state index contributed by atoms with van der Waals surface area (Å²) in [5.41, 5.74) is 4.07. The number of nitriles is 1. The highest BCUT2D eigenvalue weighted by molar-refractivity contribution is 6.31. The Hall–Kier alpha value is -3.96. The first-order chi connectivity index (χ1) is 16.4. The van der Waals surface area contributed by atoms with Crippen molar-refractivity contribution in [2.75, 3.05) is 10.6 Å². The molecule has 1 aliphatic rings. The van der Waals surface area contributed by atoms with E-state index < -0.39 is 0 Å². The first-order valence-electron chi connectivity index (χ1n) is 11.0. The van der Waals surface area contributed by atoms with Gasteiger partial charge in [0.05, 0.1) is 17.2 Å². The molecule has 0 radical (unpaired) electrons. The average molecular weight is 472 g/mol. The second kappa shape index (κ2) is 8.76. The molecule has 1 aliphatic carbocycles. The Morgan fingerprint density at radius 2 is 1.91 bits per heavy atom. The Balaban J connectivity index is 1.50. The van der Waals surface area contributed by atoms with Gasteiger partial charge in [0.2, 0.25) is 0 Å². The molecule has 4 aromatic rings. The van der Waals surface area contributed by atoms with Crippen LogP contribution in [0.25, 0.3) is 10.9 Å². The van der Waals surface area contributed by atoms with E-state index in [1.54, 1.807) is 29.9 Å². The Morgan fingerprint density at radius 3 is 2.62 bits per heavy atom. The Labute approximate surface area is 201 Å². The van der Waals surface area contributed by atoms with Gasteiger partial charge in [0.1, 0.15) is 22.6 Å². The van der Waals surface area contributed by atoms with Gasteiger partial charge in [-0.2, -0.15) is 5.26 Å². The molecule has 1 saturated carbocycles. The molecule has 0 spiro atoms. The second-order valence-electron chi connectivity index (χ2n) is 8.46. The molecule has 1 aromatic carbocycles. The average Bonchev–Trinajstić information content (AvgIpc) is 3.68. The van der Waals surface area contributed by atoms with Gasteiger partial charge in [0.25, 0.3) is 5.56 Å². The minimum absolute atomic E-state index is 0.124. The summed E-state index contributed by atoms with van der Waals surface area (Å²) < 4.78 is 1.60. The lowest BCUT2D eigenvalue weighted by molar-refractivity contribution is 0.780. The van der Waals surface area contributed by atoms with Crippen LogP contribution in [0.1, 0.15) is 48.7 Å². The summed E-state index contributed by atoms with van der Waals surface area (Å²) in [7, 11) is 1.74. The number of nitrogens with one attached hydrogen (secondary N) is 2. The number of rotatable bonds is 6. The standard InChI is InChI=1S/C25H22ClN7O/c1-14(25-29-12-16(13-30-25)15-3-4-15)31-21-10-23(34)33(2)22-6-5-17(9-18(21)22)32-20-7-8-28-24(26)19(20)11-27/h5-10,12-15,31H,3-4H2,1-2H3,(H,28,32). The number of benzene rings is 1. The van der Waals surface area contributed by atoms with Crippen molar-refractivity contribution < 1.29 is 0 Å². The second-order valence-corrected chi connectivity index (χ2v) is 8.82. The first-order valence-corrected chi connectivity index (χ1v) is 11.4. The van der Waals surface area contributed by atoms with Crippen molar-refractivity contribution in [3.8, 4) is 6.07 Å². The summed E-state index contributed by atoms with van der Waals surface area (Å²) in [5, 5.41) is 17.1. The van der Waals surface area contributed by atoms with E-state index in [4.69, 9.17) is 11.6 Å². The van der Waals surface area contributed by atoms with Gasteiger partial charge in [0, 0.05) is 48.5 Å². The van der Waals surface area contributed by atoms with E-state index in [0.29, 0.717) is 23.1 Å². The minimum Gasteiger partial charge on any atom is -0.375 e. The van der Waals surface area contributed by atoms with Crippen molar-refractivity contribution in [2.45, 2.75) is 31.7 Å². The Morgan fingerprint density at radius 1 is 1.15 bits per heavy atom. The van der Waals surface area contributed by atoms with Gasteiger partial charge < -0.3 is 15.2 Å². The zero-order valence-corrected chi connectivity index (χ0v) is 19.5. The monoisotopic (exact) mass is 471 g/mol. The van der Waals surface area contributed by atoms with Crippen LogP contribution in [-0.4, -0.2) is 19.5 Å². The lowest BCUT2D eigenvalue weighted by atomic mass is 10.1. The summed E-state index contributed by atoms with van der Waals surface area (Å²) in [5.74, 6) is 1.26. The molecule has 1 unspecified atom stereocenters. The molecule has 170 valence electrons. The maximum absolute atomic E-state index is 12.6. The summed E-state index contributed by atoms with van der Waals surface area (Å²) in [6.07, 6.45) is 7.74. The minimum atomic E-state index is -0.204. The molecule has 9 heteroatoms. The van der Waals surface area contributed by atoms with Gasteiger partial charge in [-0.1, -0.05) is 11.6 Å². The quantitative estimate of drug-likeness (QED) is 0.379. The SMILES string of the molecule is CC(Nc1cc(=O)n(C)c2ccc(Nc3ccnc(Cl)c3C#N)cc12)c1ncc(C2CC2)cn1. The van der Waals surface area contributed by atoms with Crippen LogP contribution in [0.2, 0.25) is 5.15 Å². The molecule has 0 amide bonds. The van der Waals surface area contributed by atoms with Crippen LogP contribution in [0.4, 0.5) is 17.1 Å². The zero-order valence-electron chi connectivity index (χ0n) is 18.7. The van der Waals surface area contributed by atoms with Gasteiger partial charge in [0.15, 0.2) is 0 Å². The largest absolute Gasteiger partial charge is 0.375 e. The molecule has 0 aliphatic heterocycles. The summed E-state index contributed by atoms with van der Waals surface area (Å²) in [6, 6.07) is 10.8. The molecule has 1 atom stereocenters. The maximum Gasteiger partial charge on any atom is 0.252 e. The van der Waals surface area contributed by atoms with Gasteiger partial charge in [-0.05, 0) is 55.5 Å². The van der Waals surface area contributed by atoms with Crippen LogP contribution in [-0.2, 0) is 7.05 Å². The maximum atomic E-state index is 12.6. The third-order valence-electron chi connectivity index (χ3n) is 6.04. The van der Waals surface area contributed by atoms with E-state index in [1.807, 2.05) is 37.5 Å². The van der Waals surface area contributed by atoms with Crippen LogP contribution in [0, 0.1) is 11.3 Å². The molecular formula is C25H22ClN7O. The van der Waals surface area contributed by atoms with Crippen LogP contribution in [0.3, 0.4) is 0 Å². The first kappa shape index (κ1) is 21.9.